The van der Waals surface area contributed by atoms with Gasteiger partial charge in [-0.25, -0.2) is 8.42 Å². The maximum atomic E-state index is 13.5. The Labute approximate surface area is 218 Å². The van der Waals surface area contributed by atoms with Crippen molar-refractivity contribution in [1.82, 2.24) is 10.2 Å². The molecule has 1 atom stereocenters. The zero-order chi connectivity index (χ0) is 26.8. The molecular weight excluding hydrogens is 490 g/mol. The fraction of sp³-hybridized carbons (Fsp3) is 0.286. The molecule has 0 saturated heterocycles. The summed E-state index contributed by atoms with van der Waals surface area (Å²) in [5, 5.41) is 2.73. The summed E-state index contributed by atoms with van der Waals surface area (Å²) in [4.78, 5) is 27.5. The monoisotopic (exact) mass is 523 g/mol. The van der Waals surface area contributed by atoms with Crippen LogP contribution < -0.4 is 14.4 Å². The molecule has 8 nitrogen and oxygen atoms in total. The molecule has 0 heterocycles. The van der Waals surface area contributed by atoms with Gasteiger partial charge >= 0.3 is 0 Å². The van der Waals surface area contributed by atoms with Crippen LogP contribution >= 0.6 is 0 Å². The van der Waals surface area contributed by atoms with Crippen molar-refractivity contribution >= 4 is 27.5 Å². The summed E-state index contributed by atoms with van der Waals surface area (Å²) in [5.41, 5.74) is 2.17. The summed E-state index contributed by atoms with van der Waals surface area (Å²) >= 11 is 0. The minimum Gasteiger partial charge on any atom is -0.489 e. The fourth-order valence-corrected chi connectivity index (χ4v) is 4.60. The van der Waals surface area contributed by atoms with Crippen molar-refractivity contribution < 1.29 is 22.7 Å². The molecule has 0 fully saturated rings. The number of nitrogens with one attached hydrogen (secondary N) is 1. The van der Waals surface area contributed by atoms with E-state index >= 15 is 0 Å². The summed E-state index contributed by atoms with van der Waals surface area (Å²) in [6, 6.07) is 24.7. The van der Waals surface area contributed by atoms with Gasteiger partial charge in [0.1, 0.15) is 24.9 Å². The average Bonchev–Trinajstić information content (AvgIpc) is 2.89. The van der Waals surface area contributed by atoms with Crippen LogP contribution in [-0.4, -0.2) is 50.5 Å². The molecule has 1 N–H and O–H groups in total. The van der Waals surface area contributed by atoms with Crippen LogP contribution in [0.1, 0.15) is 25.0 Å². The molecule has 0 unspecified atom stereocenters. The topological polar surface area (TPSA) is 96.0 Å². The lowest BCUT2D eigenvalue weighted by atomic mass is 10.1. The third kappa shape index (κ3) is 8.08. The largest absolute Gasteiger partial charge is 0.489 e. The minimum absolute atomic E-state index is 0.168. The molecule has 2 amide bonds. The Morgan fingerprint density at radius 1 is 0.892 bits per heavy atom. The number of amides is 2. The molecule has 3 rings (SSSR count). The molecule has 196 valence electrons. The van der Waals surface area contributed by atoms with E-state index in [2.05, 4.69) is 5.32 Å². The summed E-state index contributed by atoms with van der Waals surface area (Å²) in [5.74, 6) is -0.224. The van der Waals surface area contributed by atoms with Gasteiger partial charge in [0.2, 0.25) is 21.8 Å². The summed E-state index contributed by atoms with van der Waals surface area (Å²) in [7, 11) is -3.80. The summed E-state index contributed by atoms with van der Waals surface area (Å²) < 4.78 is 32.2. The van der Waals surface area contributed by atoms with Crippen molar-refractivity contribution in [2.75, 3.05) is 23.7 Å². The normalized spacial score (nSPS) is 11.9. The second-order valence-corrected chi connectivity index (χ2v) is 10.5. The Kier molecular flexibility index (Phi) is 9.68. The van der Waals surface area contributed by atoms with Gasteiger partial charge in [-0.15, -0.1) is 0 Å². The van der Waals surface area contributed by atoms with Crippen LogP contribution in [0.15, 0.2) is 84.9 Å². The lowest BCUT2D eigenvalue weighted by Crippen LogP contribution is -2.51. The van der Waals surface area contributed by atoms with E-state index in [1.807, 2.05) is 60.7 Å². The highest BCUT2D eigenvalue weighted by atomic mass is 32.2. The number of likely N-dealkylation sites (N-methyl/N-ethyl adjacent to an activating group) is 1. The van der Waals surface area contributed by atoms with Crippen LogP contribution in [-0.2, 0) is 32.8 Å². The van der Waals surface area contributed by atoms with Gasteiger partial charge in [0, 0.05) is 13.1 Å². The van der Waals surface area contributed by atoms with E-state index in [0.717, 1.165) is 21.7 Å². The Hall–Kier alpha value is -3.85. The van der Waals surface area contributed by atoms with Gasteiger partial charge in [0.15, 0.2) is 0 Å². The van der Waals surface area contributed by atoms with Crippen molar-refractivity contribution in [3.63, 3.8) is 0 Å². The SMILES string of the molecule is CCNC(=O)[C@@H](C)N(Cc1ccccc1)C(=O)CN(c1ccc(OCc2ccccc2)cc1)S(C)(=O)=O. The van der Waals surface area contributed by atoms with Crippen LogP contribution in [0.25, 0.3) is 0 Å². The maximum absolute atomic E-state index is 13.5. The molecule has 0 aliphatic heterocycles. The van der Waals surface area contributed by atoms with Gasteiger partial charge in [-0.05, 0) is 49.2 Å². The smallest absolute Gasteiger partial charge is 0.244 e. The van der Waals surface area contributed by atoms with Crippen molar-refractivity contribution in [2.45, 2.75) is 33.0 Å². The van der Waals surface area contributed by atoms with Crippen LogP contribution in [0.4, 0.5) is 5.69 Å². The van der Waals surface area contributed by atoms with E-state index < -0.39 is 28.5 Å². The standard InChI is InChI=1S/C28H33N3O5S/c1-4-29-28(33)22(2)30(19-23-11-7-5-8-12-23)27(32)20-31(37(3,34)35)25-15-17-26(18-16-25)36-21-24-13-9-6-10-14-24/h5-18,22H,4,19-21H2,1-3H3,(H,29,33)/t22-/m1/s1. The van der Waals surface area contributed by atoms with Gasteiger partial charge in [0.25, 0.3) is 0 Å². The predicted molar refractivity (Wildman–Crippen MR) is 145 cm³/mol. The van der Waals surface area contributed by atoms with Gasteiger partial charge < -0.3 is 15.0 Å². The van der Waals surface area contributed by atoms with Gasteiger partial charge in [-0.2, -0.15) is 0 Å². The number of sulfonamides is 1. The Balaban J connectivity index is 1.79. The number of hydrogen-bond acceptors (Lipinski definition) is 5. The van der Waals surface area contributed by atoms with Gasteiger partial charge in [0.05, 0.1) is 11.9 Å². The molecule has 0 aliphatic carbocycles. The summed E-state index contributed by atoms with van der Waals surface area (Å²) in [6.07, 6.45) is 1.05. The first-order chi connectivity index (χ1) is 17.7. The number of ether oxygens (including phenoxy) is 1. The zero-order valence-electron chi connectivity index (χ0n) is 21.3. The Bertz CT molecular complexity index is 1270. The highest BCUT2D eigenvalue weighted by Crippen LogP contribution is 2.23. The molecule has 0 aliphatic rings. The molecule has 0 bridgehead atoms. The van der Waals surface area contributed by atoms with Crippen molar-refractivity contribution in [2.24, 2.45) is 0 Å². The van der Waals surface area contributed by atoms with Crippen molar-refractivity contribution in [1.29, 1.82) is 0 Å². The first kappa shape index (κ1) is 27.7. The number of benzene rings is 3. The van der Waals surface area contributed by atoms with E-state index in [1.54, 1.807) is 38.1 Å². The lowest BCUT2D eigenvalue weighted by molar-refractivity contribution is -0.139. The van der Waals surface area contributed by atoms with Crippen molar-refractivity contribution in [3.05, 3.63) is 96.1 Å². The predicted octanol–water partition coefficient (Wildman–Crippen LogP) is 3.59. The minimum atomic E-state index is -3.80. The third-order valence-corrected chi connectivity index (χ3v) is 6.91. The molecule has 37 heavy (non-hydrogen) atoms. The van der Waals surface area contributed by atoms with Crippen molar-refractivity contribution in [3.8, 4) is 5.75 Å². The fourth-order valence-electron chi connectivity index (χ4n) is 3.75. The van der Waals surface area contributed by atoms with Crippen LogP contribution in [0, 0.1) is 0 Å². The molecule has 0 saturated carbocycles. The lowest BCUT2D eigenvalue weighted by Gasteiger charge is -2.31. The van der Waals surface area contributed by atoms with E-state index in [0.29, 0.717) is 24.6 Å². The molecule has 0 aromatic heterocycles. The van der Waals surface area contributed by atoms with Crippen LogP contribution in [0.2, 0.25) is 0 Å². The van der Waals surface area contributed by atoms with Crippen LogP contribution in [0.5, 0.6) is 5.75 Å². The zero-order valence-corrected chi connectivity index (χ0v) is 22.1. The second-order valence-electron chi connectivity index (χ2n) is 8.62. The molecule has 3 aromatic carbocycles. The second kappa shape index (κ2) is 12.9. The molecule has 9 heteroatoms. The number of carbonyl (C=O) groups is 2. The van der Waals surface area contributed by atoms with E-state index in [1.165, 1.54) is 4.90 Å². The van der Waals surface area contributed by atoms with Gasteiger partial charge in [-0.3, -0.25) is 13.9 Å². The summed E-state index contributed by atoms with van der Waals surface area (Å²) in [6.45, 7) is 3.95. The van der Waals surface area contributed by atoms with E-state index in [-0.39, 0.29) is 12.5 Å². The van der Waals surface area contributed by atoms with E-state index in [4.69, 9.17) is 4.74 Å². The van der Waals surface area contributed by atoms with E-state index in [9.17, 15) is 18.0 Å². The quantitative estimate of drug-likeness (QED) is 0.392. The first-order valence-electron chi connectivity index (χ1n) is 12.0. The van der Waals surface area contributed by atoms with Crippen LogP contribution in [0.3, 0.4) is 0 Å². The molecule has 0 radical (unpaired) electrons. The highest BCUT2D eigenvalue weighted by Gasteiger charge is 2.29. The highest BCUT2D eigenvalue weighted by molar-refractivity contribution is 7.92. The molecular formula is C28H33N3O5S. The molecule has 0 spiro atoms. The Morgan fingerprint density at radius 3 is 2.00 bits per heavy atom. The Morgan fingerprint density at radius 2 is 1.46 bits per heavy atom. The maximum Gasteiger partial charge on any atom is 0.244 e. The molecule has 3 aromatic rings. The number of rotatable bonds is 12. The first-order valence-corrected chi connectivity index (χ1v) is 13.9. The number of carbonyl (C=O) groups excluding carboxylic acids is 2. The number of hydrogen-bond donors (Lipinski definition) is 1. The number of nitrogens with zero attached hydrogens (tertiary/aromatic N) is 2. The van der Waals surface area contributed by atoms with Gasteiger partial charge in [-0.1, -0.05) is 60.7 Å². The third-order valence-electron chi connectivity index (χ3n) is 5.77. The average molecular weight is 524 g/mol. The number of anilines is 1.